The van der Waals surface area contributed by atoms with Crippen molar-refractivity contribution in [3.8, 4) is 17.6 Å². The number of aromatic nitrogens is 1. The van der Waals surface area contributed by atoms with E-state index in [9.17, 15) is 4.79 Å². The normalized spacial score (nSPS) is 10.3. The number of ether oxygens (including phenoxy) is 2. The van der Waals surface area contributed by atoms with Gasteiger partial charge >= 0.3 is 0 Å². The van der Waals surface area contributed by atoms with Crippen LogP contribution in [0, 0.1) is 11.3 Å². The molecule has 0 unspecified atom stereocenters. The standard InChI is InChI=1S/C26H21N3O4/c27-15-20-5-1-2-7-24(20)32-18-23-12-13-25(33-23)26(30)29-16-19-8-10-22(11-9-19)31-17-21-6-3-4-14-28-21/h1-14H,16-18H2,(H,29,30). The molecule has 1 amide bonds. The maximum atomic E-state index is 12.4. The predicted octanol–water partition coefficient (Wildman–Crippen LogP) is 4.63. The van der Waals surface area contributed by atoms with Crippen LogP contribution in [-0.2, 0) is 19.8 Å². The molecular formula is C26H21N3O4. The highest BCUT2D eigenvalue weighted by Gasteiger charge is 2.12. The van der Waals surface area contributed by atoms with Crippen LogP contribution in [0.1, 0.15) is 33.1 Å². The zero-order chi connectivity index (χ0) is 22.9. The number of furan rings is 1. The summed E-state index contributed by atoms with van der Waals surface area (Å²) < 4.78 is 16.9. The monoisotopic (exact) mass is 439 g/mol. The van der Waals surface area contributed by atoms with Crippen LogP contribution in [0.3, 0.4) is 0 Å². The summed E-state index contributed by atoms with van der Waals surface area (Å²) in [5.41, 5.74) is 2.22. The number of hydrogen-bond acceptors (Lipinski definition) is 6. The molecule has 0 aliphatic rings. The molecule has 164 valence electrons. The van der Waals surface area contributed by atoms with Gasteiger partial charge in [0.1, 0.15) is 36.5 Å². The van der Waals surface area contributed by atoms with E-state index >= 15 is 0 Å². The molecule has 1 N–H and O–H groups in total. The third kappa shape index (κ3) is 5.99. The highest BCUT2D eigenvalue weighted by Crippen LogP contribution is 2.19. The zero-order valence-corrected chi connectivity index (χ0v) is 17.7. The lowest BCUT2D eigenvalue weighted by Gasteiger charge is -2.08. The molecule has 2 heterocycles. The molecule has 0 bridgehead atoms. The van der Waals surface area contributed by atoms with Crippen molar-refractivity contribution >= 4 is 5.91 Å². The number of carbonyl (C=O) groups excluding carboxylic acids is 1. The average Bonchev–Trinajstić information content (AvgIpc) is 3.35. The van der Waals surface area contributed by atoms with E-state index in [0.717, 1.165) is 17.0 Å². The van der Waals surface area contributed by atoms with Crippen molar-refractivity contribution in [2.75, 3.05) is 0 Å². The highest BCUT2D eigenvalue weighted by molar-refractivity contribution is 5.91. The van der Waals surface area contributed by atoms with E-state index < -0.39 is 0 Å². The van der Waals surface area contributed by atoms with E-state index in [-0.39, 0.29) is 18.3 Å². The summed E-state index contributed by atoms with van der Waals surface area (Å²) in [7, 11) is 0. The fraction of sp³-hybridized carbons (Fsp3) is 0.115. The molecule has 2 aromatic heterocycles. The SMILES string of the molecule is N#Cc1ccccc1OCc1ccc(C(=O)NCc2ccc(OCc3ccccn3)cc2)o1. The Labute approximate surface area is 191 Å². The van der Waals surface area contributed by atoms with E-state index in [0.29, 0.717) is 30.2 Å². The number of para-hydroxylation sites is 1. The van der Waals surface area contributed by atoms with Crippen LogP contribution in [-0.4, -0.2) is 10.9 Å². The van der Waals surface area contributed by atoms with Crippen LogP contribution in [0.5, 0.6) is 11.5 Å². The minimum Gasteiger partial charge on any atom is -0.487 e. The van der Waals surface area contributed by atoms with E-state index in [2.05, 4.69) is 16.4 Å². The number of nitrogens with zero attached hydrogens (tertiary/aromatic N) is 2. The smallest absolute Gasteiger partial charge is 0.287 e. The first-order valence-electron chi connectivity index (χ1n) is 10.3. The number of rotatable bonds is 9. The Morgan fingerprint density at radius 3 is 2.55 bits per heavy atom. The van der Waals surface area contributed by atoms with E-state index in [1.165, 1.54) is 0 Å². The third-order valence-corrected chi connectivity index (χ3v) is 4.75. The number of amides is 1. The van der Waals surface area contributed by atoms with Crippen molar-refractivity contribution in [2.45, 2.75) is 19.8 Å². The van der Waals surface area contributed by atoms with Gasteiger partial charge in [0.15, 0.2) is 5.76 Å². The topological polar surface area (TPSA) is 97.4 Å². The Hall–Kier alpha value is -4.57. The minimum atomic E-state index is -0.325. The molecule has 0 aliphatic carbocycles. The number of nitriles is 1. The second-order valence-corrected chi connectivity index (χ2v) is 7.10. The van der Waals surface area contributed by atoms with E-state index in [1.807, 2.05) is 42.5 Å². The Bertz CT molecular complexity index is 1240. The summed E-state index contributed by atoms with van der Waals surface area (Å²) in [5, 5.41) is 11.9. The number of carbonyl (C=O) groups is 1. The number of hydrogen-bond donors (Lipinski definition) is 1. The lowest BCUT2D eigenvalue weighted by atomic mass is 10.2. The fourth-order valence-electron chi connectivity index (χ4n) is 3.03. The van der Waals surface area contributed by atoms with Gasteiger partial charge in [0, 0.05) is 12.7 Å². The average molecular weight is 439 g/mol. The lowest BCUT2D eigenvalue weighted by Crippen LogP contribution is -2.22. The largest absolute Gasteiger partial charge is 0.487 e. The molecule has 0 saturated heterocycles. The van der Waals surface area contributed by atoms with Gasteiger partial charge in [0.2, 0.25) is 0 Å². The van der Waals surface area contributed by atoms with Crippen LogP contribution in [0.4, 0.5) is 0 Å². The lowest BCUT2D eigenvalue weighted by molar-refractivity contribution is 0.0919. The Morgan fingerprint density at radius 1 is 0.939 bits per heavy atom. The zero-order valence-electron chi connectivity index (χ0n) is 17.7. The van der Waals surface area contributed by atoms with Gasteiger partial charge in [-0.25, -0.2) is 0 Å². The Kier molecular flexibility index (Phi) is 6.98. The van der Waals surface area contributed by atoms with Gasteiger partial charge in [0.25, 0.3) is 5.91 Å². The highest BCUT2D eigenvalue weighted by atomic mass is 16.5. The molecule has 4 rings (SSSR count). The molecule has 0 atom stereocenters. The van der Waals surface area contributed by atoms with Crippen molar-refractivity contribution in [1.82, 2.24) is 10.3 Å². The summed E-state index contributed by atoms with van der Waals surface area (Å²) in [4.78, 5) is 16.6. The molecule has 7 heteroatoms. The molecule has 0 fully saturated rings. The molecule has 2 aromatic carbocycles. The maximum Gasteiger partial charge on any atom is 0.287 e. The summed E-state index contributed by atoms with van der Waals surface area (Å²) in [6.07, 6.45) is 1.73. The van der Waals surface area contributed by atoms with Crippen molar-refractivity contribution in [1.29, 1.82) is 5.26 Å². The van der Waals surface area contributed by atoms with Gasteiger partial charge in [-0.3, -0.25) is 9.78 Å². The number of nitrogens with one attached hydrogen (secondary N) is 1. The summed E-state index contributed by atoms with van der Waals surface area (Å²) in [6, 6.07) is 25.5. The van der Waals surface area contributed by atoms with Gasteiger partial charge in [-0.15, -0.1) is 0 Å². The molecule has 0 radical (unpaired) electrons. The van der Waals surface area contributed by atoms with Gasteiger partial charge in [-0.1, -0.05) is 30.3 Å². The van der Waals surface area contributed by atoms with Crippen molar-refractivity contribution in [3.05, 3.63) is 113 Å². The molecule has 7 nitrogen and oxygen atoms in total. The van der Waals surface area contributed by atoms with Crippen LogP contribution in [0.2, 0.25) is 0 Å². The second-order valence-electron chi connectivity index (χ2n) is 7.10. The second kappa shape index (κ2) is 10.6. The molecule has 0 spiro atoms. The van der Waals surface area contributed by atoms with E-state index in [4.69, 9.17) is 19.2 Å². The fourth-order valence-corrected chi connectivity index (χ4v) is 3.03. The van der Waals surface area contributed by atoms with Gasteiger partial charge in [0.05, 0.1) is 11.3 Å². The summed E-state index contributed by atoms with van der Waals surface area (Å²) in [6.45, 7) is 0.858. The van der Waals surface area contributed by atoms with Crippen LogP contribution >= 0.6 is 0 Å². The third-order valence-electron chi connectivity index (χ3n) is 4.75. The molecule has 0 saturated carbocycles. The van der Waals surface area contributed by atoms with Gasteiger partial charge < -0.3 is 19.2 Å². The molecule has 33 heavy (non-hydrogen) atoms. The van der Waals surface area contributed by atoms with Crippen molar-refractivity contribution in [3.63, 3.8) is 0 Å². The van der Waals surface area contributed by atoms with Crippen LogP contribution < -0.4 is 14.8 Å². The van der Waals surface area contributed by atoms with E-state index in [1.54, 1.807) is 42.6 Å². The summed E-state index contributed by atoms with van der Waals surface area (Å²) >= 11 is 0. The van der Waals surface area contributed by atoms with Gasteiger partial charge in [-0.05, 0) is 54.1 Å². The first-order chi connectivity index (χ1) is 16.2. The predicted molar refractivity (Wildman–Crippen MR) is 120 cm³/mol. The molecule has 4 aromatic rings. The Morgan fingerprint density at radius 2 is 1.76 bits per heavy atom. The first kappa shape index (κ1) is 21.7. The number of pyridine rings is 1. The Balaban J connectivity index is 1.25. The minimum absolute atomic E-state index is 0.117. The number of benzene rings is 2. The van der Waals surface area contributed by atoms with Crippen molar-refractivity contribution < 1.29 is 18.7 Å². The van der Waals surface area contributed by atoms with Crippen molar-refractivity contribution in [2.24, 2.45) is 0 Å². The van der Waals surface area contributed by atoms with Gasteiger partial charge in [-0.2, -0.15) is 5.26 Å². The first-order valence-corrected chi connectivity index (χ1v) is 10.3. The van der Waals surface area contributed by atoms with Crippen LogP contribution in [0.15, 0.2) is 89.5 Å². The summed E-state index contributed by atoms with van der Waals surface area (Å²) in [5.74, 6) is 1.55. The molecular weight excluding hydrogens is 418 g/mol. The maximum absolute atomic E-state index is 12.4. The van der Waals surface area contributed by atoms with Crippen LogP contribution in [0.25, 0.3) is 0 Å². The quantitative estimate of drug-likeness (QED) is 0.408. The molecule has 0 aliphatic heterocycles.